The highest BCUT2D eigenvalue weighted by Crippen LogP contribution is 2.31. The first-order valence-corrected chi connectivity index (χ1v) is 9.58. The van der Waals surface area contributed by atoms with Crippen LogP contribution < -0.4 is 4.74 Å². The van der Waals surface area contributed by atoms with Gasteiger partial charge in [0.2, 0.25) is 0 Å². The highest BCUT2D eigenvalue weighted by Gasteiger charge is 2.06. The average Bonchev–Trinajstić information content (AvgIpc) is 2.85. The number of nitrogens with zero attached hydrogens (tertiary/aromatic N) is 2. The van der Waals surface area contributed by atoms with Crippen LogP contribution in [0.2, 0.25) is 0 Å². The summed E-state index contributed by atoms with van der Waals surface area (Å²) < 4.78 is 5.29. The van der Waals surface area contributed by atoms with Crippen molar-refractivity contribution in [1.29, 1.82) is 10.5 Å². The van der Waals surface area contributed by atoms with Crippen LogP contribution in [0.15, 0.2) is 97.1 Å². The Morgan fingerprint density at radius 2 is 1.13 bits per heavy atom. The summed E-state index contributed by atoms with van der Waals surface area (Å²) in [5, 5.41) is 27.2. The van der Waals surface area contributed by atoms with Gasteiger partial charge in [-0.05, 0) is 47.5 Å². The minimum Gasteiger partial charge on any atom is -0.507 e. The third kappa shape index (κ3) is 5.29. The van der Waals surface area contributed by atoms with Crippen molar-refractivity contribution in [3.63, 3.8) is 0 Å². The van der Waals surface area contributed by atoms with Crippen LogP contribution in [-0.4, -0.2) is 12.2 Å². The minimum absolute atomic E-state index is 0.139. The summed E-state index contributed by atoms with van der Waals surface area (Å²) in [6.45, 7) is 0. The smallest absolute Gasteiger partial charge is 0.128 e. The van der Waals surface area contributed by atoms with Crippen LogP contribution in [0.1, 0.15) is 11.1 Å². The molecule has 0 unspecified atom stereocenters. The summed E-state index contributed by atoms with van der Waals surface area (Å²) in [6.07, 6.45) is 0. The molecule has 150 valence electrons. The van der Waals surface area contributed by atoms with E-state index < -0.39 is 0 Å². The first kappa shape index (κ1) is 21.2. The SMILES string of the molecule is COc1cc(C#N)ccc1-c1ccccc1.N#Cc1ccc(-c2ccccc2)c(O)c1. The van der Waals surface area contributed by atoms with Crippen molar-refractivity contribution in [2.45, 2.75) is 0 Å². The van der Waals surface area contributed by atoms with Gasteiger partial charge in [0.1, 0.15) is 11.5 Å². The maximum Gasteiger partial charge on any atom is 0.128 e. The van der Waals surface area contributed by atoms with Crippen molar-refractivity contribution in [2.24, 2.45) is 0 Å². The molecule has 0 saturated heterocycles. The molecule has 0 heterocycles. The Balaban J connectivity index is 0.000000176. The minimum atomic E-state index is 0.139. The molecule has 0 amide bonds. The lowest BCUT2D eigenvalue weighted by atomic mass is 10.0. The maximum absolute atomic E-state index is 9.72. The van der Waals surface area contributed by atoms with Gasteiger partial charge in [0.05, 0.1) is 30.4 Å². The molecule has 31 heavy (non-hydrogen) atoms. The lowest BCUT2D eigenvalue weighted by Crippen LogP contribution is -1.88. The largest absolute Gasteiger partial charge is 0.507 e. The number of aromatic hydroxyl groups is 1. The molecule has 0 atom stereocenters. The molecule has 4 rings (SSSR count). The van der Waals surface area contributed by atoms with Gasteiger partial charge in [-0.3, -0.25) is 0 Å². The number of phenolic OH excluding ortho intramolecular Hbond substituents is 1. The van der Waals surface area contributed by atoms with E-state index in [1.165, 1.54) is 6.07 Å². The van der Waals surface area contributed by atoms with Crippen LogP contribution in [0.5, 0.6) is 11.5 Å². The van der Waals surface area contributed by atoms with Crippen molar-refractivity contribution < 1.29 is 9.84 Å². The standard InChI is InChI=1S/C14H11NO.C13H9NO/c1-16-14-9-11(10-15)7-8-13(14)12-5-3-2-4-6-12;14-9-10-6-7-12(13(15)8-10)11-4-2-1-3-5-11/h2-9H,1H3;1-8,15H. The highest BCUT2D eigenvalue weighted by atomic mass is 16.5. The van der Waals surface area contributed by atoms with Gasteiger partial charge in [-0.1, -0.05) is 60.7 Å². The quantitative estimate of drug-likeness (QED) is 0.443. The van der Waals surface area contributed by atoms with Crippen molar-refractivity contribution in [3.8, 4) is 45.9 Å². The van der Waals surface area contributed by atoms with Gasteiger partial charge < -0.3 is 9.84 Å². The van der Waals surface area contributed by atoms with Crippen molar-refractivity contribution in [2.75, 3.05) is 7.11 Å². The lowest BCUT2D eigenvalue weighted by Gasteiger charge is -2.08. The molecule has 0 fully saturated rings. The Hall–Kier alpha value is -4.54. The first-order valence-electron chi connectivity index (χ1n) is 9.58. The van der Waals surface area contributed by atoms with Gasteiger partial charge in [-0.2, -0.15) is 10.5 Å². The molecule has 0 aliphatic heterocycles. The number of methoxy groups -OCH3 is 1. The van der Waals surface area contributed by atoms with Crippen LogP contribution >= 0.6 is 0 Å². The monoisotopic (exact) mass is 404 g/mol. The van der Waals surface area contributed by atoms with E-state index in [2.05, 4.69) is 6.07 Å². The Labute approximate surface area is 181 Å². The van der Waals surface area contributed by atoms with Crippen LogP contribution in [0.4, 0.5) is 0 Å². The van der Waals surface area contributed by atoms with E-state index in [1.807, 2.05) is 72.8 Å². The van der Waals surface area contributed by atoms with Crippen LogP contribution in [0, 0.1) is 22.7 Å². The van der Waals surface area contributed by atoms with E-state index in [4.69, 9.17) is 15.3 Å². The molecule has 4 heteroatoms. The summed E-state index contributed by atoms with van der Waals surface area (Å²) in [5.74, 6) is 0.866. The zero-order chi connectivity index (χ0) is 22.1. The summed E-state index contributed by atoms with van der Waals surface area (Å²) in [5.41, 5.74) is 4.85. The maximum atomic E-state index is 9.72. The van der Waals surface area contributed by atoms with Gasteiger partial charge in [0, 0.05) is 11.1 Å². The Bertz CT molecular complexity index is 1240. The number of hydrogen-bond acceptors (Lipinski definition) is 4. The van der Waals surface area contributed by atoms with E-state index in [1.54, 1.807) is 31.4 Å². The van der Waals surface area contributed by atoms with Gasteiger partial charge in [0.25, 0.3) is 0 Å². The molecule has 0 bridgehead atoms. The summed E-state index contributed by atoms with van der Waals surface area (Å²) in [4.78, 5) is 0. The van der Waals surface area contributed by atoms with Gasteiger partial charge >= 0.3 is 0 Å². The second-order valence-corrected chi connectivity index (χ2v) is 6.60. The van der Waals surface area contributed by atoms with E-state index in [9.17, 15) is 5.11 Å². The molecule has 0 spiro atoms. The fraction of sp³-hybridized carbons (Fsp3) is 0.0370. The Kier molecular flexibility index (Phi) is 7.03. The van der Waals surface area contributed by atoms with Crippen LogP contribution in [-0.2, 0) is 0 Å². The molecular formula is C27H20N2O2. The van der Waals surface area contributed by atoms with E-state index in [0.717, 1.165) is 28.0 Å². The predicted molar refractivity (Wildman–Crippen MR) is 121 cm³/mol. The van der Waals surface area contributed by atoms with E-state index in [0.29, 0.717) is 11.1 Å². The van der Waals surface area contributed by atoms with E-state index in [-0.39, 0.29) is 5.75 Å². The topological polar surface area (TPSA) is 77.0 Å². The molecule has 0 aromatic heterocycles. The molecule has 0 aliphatic carbocycles. The van der Waals surface area contributed by atoms with Crippen LogP contribution in [0.25, 0.3) is 22.3 Å². The number of nitriles is 2. The third-order valence-electron chi connectivity index (χ3n) is 4.63. The van der Waals surface area contributed by atoms with Gasteiger partial charge in [-0.15, -0.1) is 0 Å². The zero-order valence-corrected chi connectivity index (χ0v) is 17.0. The second-order valence-electron chi connectivity index (χ2n) is 6.60. The molecule has 0 saturated carbocycles. The molecule has 1 N–H and O–H groups in total. The van der Waals surface area contributed by atoms with Crippen LogP contribution in [0.3, 0.4) is 0 Å². The number of rotatable bonds is 3. The molecular weight excluding hydrogens is 384 g/mol. The normalized spacial score (nSPS) is 9.52. The van der Waals surface area contributed by atoms with Gasteiger partial charge in [-0.25, -0.2) is 0 Å². The number of hydrogen-bond donors (Lipinski definition) is 1. The molecule has 4 aromatic carbocycles. The number of benzene rings is 4. The van der Waals surface area contributed by atoms with Crippen molar-refractivity contribution >= 4 is 0 Å². The molecule has 0 aliphatic rings. The molecule has 0 radical (unpaired) electrons. The van der Waals surface area contributed by atoms with Crippen molar-refractivity contribution in [3.05, 3.63) is 108 Å². The lowest BCUT2D eigenvalue weighted by molar-refractivity contribution is 0.416. The fourth-order valence-electron chi connectivity index (χ4n) is 3.08. The van der Waals surface area contributed by atoms with E-state index >= 15 is 0 Å². The summed E-state index contributed by atoms with van der Waals surface area (Å²) in [6, 6.07) is 34.0. The first-order chi connectivity index (χ1) is 15.2. The second kappa shape index (κ2) is 10.3. The van der Waals surface area contributed by atoms with Gasteiger partial charge in [0.15, 0.2) is 0 Å². The Morgan fingerprint density at radius 1 is 0.645 bits per heavy atom. The highest BCUT2D eigenvalue weighted by molar-refractivity contribution is 5.72. The van der Waals surface area contributed by atoms with Crippen molar-refractivity contribution in [1.82, 2.24) is 0 Å². The zero-order valence-electron chi connectivity index (χ0n) is 17.0. The third-order valence-corrected chi connectivity index (χ3v) is 4.63. The Morgan fingerprint density at radius 3 is 1.61 bits per heavy atom. The average molecular weight is 404 g/mol. The molecule has 4 aromatic rings. The predicted octanol–water partition coefficient (Wildman–Crippen LogP) is 6.16. The summed E-state index contributed by atoms with van der Waals surface area (Å²) in [7, 11) is 1.61. The number of ether oxygens (including phenoxy) is 1. The number of phenols is 1. The molecule has 4 nitrogen and oxygen atoms in total. The fourth-order valence-corrected chi connectivity index (χ4v) is 3.08. The summed E-state index contributed by atoms with van der Waals surface area (Å²) >= 11 is 0.